The van der Waals surface area contributed by atoms with E-state index in [-0.39, 0.29) is 11.7 Å². The van der Waals surface area contributed by atoms with Crippen molar-refractivity contribution in [2.24, 2.45) is 11.7 Å². The first-order chi connectivity index (χ1) is 8.65. The third-order valence-corrected chi connectivity index (χ3v) is 3.22. The zero-order valence-electron chi connectivity index (χ0n) is 10.7. The molecule has 0 spiro atoms. The van der Waals surface area contributed by atoms with Crippen LogP contribution in [-0.4, -0.2) is 16.1 Å². The van der Waals surface area contributed by atoms with Crippen LogP contribution in [0.15, 0.2) is 36.8 Å². The number of halogens is 1. The van der Waals surface area contributed by atoms with Crippen LogP contribution in [0.5, 0.6) is 0 Å². The van der Waals surface area contributed by atoms with Crippen molar-refractivity contribution in [3.8, 4) is 5.69 Å². The molecule has 0 amide bonds. The first-order valence-electron chi connectivity index (χ1n) is 6.12. The number of benzene rings is 1. The van der Waals surface area contributed by atoms with Gasteiger partial charge in [0, 0.05) is 24.4 Å². The summed E-state index contributed by atoms with van der Waals surface area (Å²) in [5, 5.41) is 0. The monoisotopic (exact) mass is 247 g/mol. The van der Waals surface area contributed by atoms with Gasteiger partial charge in [0.1, 0.15) is 5.82 Å². The summed E-state index contributed by atoms with van der Waals surface area (Å²) in [4.78, 5) is 4.13. The Morgan fingerprint density at radius 1 is 1.33 bits per heavy atom. The third-order valence-electron chi connectivity index (χ3n) is 3.22. The highest BCUT2D eigenvalue weighted by Gasteiger charge is 2.19. The molecule has 3 nitrogen and oxygen atoms in total. The molecule has 2 aromatic rings. The molecule has 2 N–H and O–H groups in total. The Labute approximate surface area is 106 Å². The quantitative estimate of drug-likeness (QED) is 0.902. The lowest BCUT2D eigenvalue weighted by Gasteiger charge is -2.20. The summed E-state index contributed by atoms with van der Waals surface area (Å²) in [7, 11) is 0. The van der Waals surface area contributed by atoms with E-state index in [1.165, 1.54) is 6.07 Å². The van der Waals surface area contributed by atoms with E-state index in [0.717, 1.165) is 5.69 Å². The van der Waals surface area contributed by atoms with Gasteiger partial charge in [-0.1, -0.05) is 26.0 Å². The van der Waals surface area contributed by atoms with Crippen LogP contribution >= 0.6 is 0 Å². The SMILES string of the molecule is CC(C)C(CN)c1cncn1-c1ccccc1F. The highest BCUT2D eigenvalue weighted by atomic mass is 19.1. The average Bonchev–Trinajstić information content (AvgIpc) is 2.79. The molecule has 1 heterocycles. The van der Waals surface area contributed by atoms with Crippen molar-refractivity contribution in [1.82, 2.24) is 9.55 Å². The van der Waals surface area contributed by atoms with Crippen LogP contribution in [0.4, 0.5) is 4.39 Å². The minimum Gasteiger partial charge on any atom is -0.330 e. The summed E-state index contributed by atoms with van der Waals surface area (Å²) < 4.78 is 15.6. The molecule has 0 saturated carbocycles. The number of hydrogen-bond acceptors (Lipinski definition) is 2. The molecule has 18 heavy (non-hydrogen) atoms. The minimum absolute atomic E-state index is 0.173. The maximum atomic E-state index is 13.8. The molecular formula is C14H18FN3. The second-order valence-electron chi connectivity index (χ2n) is 4.73. The standard InChI is InChI=1S/C14H18FN3/c1-10(2)11(7-16)14-8-17-9-18(14)13-6-4-3-5-12(13)15/h3-6,8-11H,7,16H2,1-2H3. The van der Waals surface area contributed by atoms with Gasteiger partial charge in [0.15, 0.2) is 0 Å². The maximum Gasteiger partial charge on any atom is 0.147 e. The molecule has 1 atom stereocenters. The molecule has 96 valence electrons. The molecule has 1 aromatic heterocycles. The Hall–Kier alpha value is -1.68. The van der Waals surface area contributed by atoms with Gasteiger partial charge in [0.05, 0.1) is 12.0 Å². The van der Waals surface area contributed by atoms with Crippen molar-refractivity contribution in [1.29, 1.82) is 0 Å². The first kappa shape index (κ1) is 12.8. The van der Waals surface area contributed by atoms with Crippen molar-refractivity contribution in [3.05, 3.63) is 48.3 Å². The van der Waals surface area contributed by atoms with Crippen molar-refractivity contribution in [3.63, 3.8) is 0 Å². The van der Waals surface area contributed by atoms with E-state index in [4.69, 9.17) is 5.73 Å². The first-order valence-corrected chi connectivity index (χ1v) is 6.12. The number of rotatable bonds is 4. The van der Waals surface area contributed by atoms with Crippen molar-refractivity contribution >= 4 is 0 Å². The molecule has 0 radical (unpaired) electrons. The second kappa shape index (κ2) is 5.31. The Morgan fingerprint density at radius 2 is 2.06 bits per heavy atom. The van der Waals surface area contributed by atoms with E-state index in [0.29, 0.717) is 18.2 Å². The lowest BCUT2D eigenvalue weighted by atomic mass is 9.93. The number of nitrogens with two attached hydrogens (primary N) is 1. The van der Waals surface area contributed by atoms with Gasteiger partial charge in [-0.2, -0.15) is 0 Å². The van der Waals surface area contributed by atoms with Crippen LogP contribution in [0.2, 0.25) is 0 Å². The molecule has 0 fully saturated rings. The predicted octanol–water partition coefficient (Wildman–Crippen LogP) is 2.71. The van der Waals surface area contributed by atoms with Gasteiger partial charge in [-0.3, -0.25) is 0 Å². The summed E-state index contributed by atoms with van der Waals surface area (Å²) in [6.07, 6.45) is 3.41. The lowest BCUT2D eigenvalue weighted by Crippen LogP contribution is -2.20. The van der Waals surface area contributed by atoms with Gasteiger partial charge >= 0.3 is 0 Å². The Kier molecular flexibility index (Phi) is 3.77. The van der Waals surface area contributed by atoms with E-state index in [1.807, 2.05) is 6.07 Å². The van der Waals surface area contributed by atoms with Crippen molar-refractivity contribution in [2.75, 3.05) is 6.54 Å². The van der Waals surface area contributed by atoms with Gasteiger partial charge in [0.2, 0.25) is 0 Å². The number of aromatic nitrogens is 2. The smallest absolute Gasteiger partial charge is 0.147 e. The number of imidazole rings is 1. The third kappa shape index (κ3) is 2.29. The Balaban J connectivity index is 2.48. The van der Waals surface area contributed by atoms with E-state index in [1.54, 1.807) is 29.2 Å². The van der Waals surface area contributed by atoms with Crippen molar-refractivity contribution < 1.29 is 4.39 Å². The molecule has 0 saturated heterocycles. The topological polar surface area (TPSA) is 43.8 Å². The van der Waals surface area contributed by atoms with Crippen LogP contribution in [0.1, 0.15) is 25.5 Å². The maximum absolute atomic E-state index is 13.8. The summed E-state index contributed by atoms with van der Waals surface area (Å²) in [6.45, 7) is 4.74. The van der Waals surface area contributed by atoms with Crippen LogP contribution in [0, 0.1) is 11.7 Å². The number of hydrogen-bond donors (Lipinski definition) is 1. The van der Waals surface area contributed by atoms with Crippen LogP contribution in [0.25, 0.3) is 5.69 Å². The molecule has 1 unspecified atom stereocenters. The highest BCUT2D eigenvalue weighted by molar-refractivity contribution is 5.36. The molecule has 0 aliphatic heterocycles. The van der Waals surface area contributed by atoms with Gasteiger partial charge in [-0.25, -0.2) is 9.37 Å². The van der Waals surface area contributed by atoms with E-state index >= 15 is 0 Å². The molecular weight excluding hydrogens is 229 g/mol. The number of para-hydroxylation sites is 1. The molecule has 0 bridgehead atoms. The molecule has 4 heteroatoms. The molecule has 0 aliphatic carbocycles. The summed E-state index contributed by atoms with van der Waals surface area (Å²) in [5.41, 5.74) is 7.29. The molecule has 2 rings (SSSR count). The largest absolute Gasteiger partial charge is 0.330 e. The lowest BCUT2D eigenvalue weighted by molar-refractivity contribution is 0.487. The zero-order valence-corrected chi connectivity index (χ0v) is 10.7. The Bertz CT molecular complexity index is 519. The predicted molar refractivity (Wildman–Crippen MR) is 70.2 cm³/mol. The summed E-state index contributed by atoms with van der Waals surface area (Å²) >= 11 is 0. The van der Waals surface area contributed by atoms with E-state index in [9.17, 15) is 4.39 Å². The fourth-order valence-corrected chi connectivity index (χ4v) is 2.16. The van der Waals surface area contributed by atoms with Crippen molar-refractivity contribution in [2.45, 2.75) is 19.8 Å². The minimum atomic E-state index is -0.253. The molecule has 1 aromatic carbocycles. The average molecular weight is 247 g/mol. The summed E-state index contributed by atoms with van der Waals surface area (Å²) in [5.74, 6) is 0.306. The molecule has 0 aliphatic rings. The highest BCUT2D eigenvalue weighted by Crippen LogP contribution is 2.26. The van der Waals surface area contributed by atoms with E-state index < -0.39 is 0 Å². The summed E-state index contributed by atoms with van der Waals surface area (Å²) in [6, 6.07) is 6.69. The fraction of sp³-hybridized carbons (Fsp3) is 0.357. The normalized spacial score (nSPS) is 12.9. The van der Waals surface area contributed by atoms with Gasteiger partial charge < -0.3 is 10.3 Å². The second-order valence-corrected chi connectivity index (χ2v) is 4.73. The van der Waals surface area contributed by atoms with Crippen LogP contribution in [-0.2, 0) is 0 Å². The van der Waals surface area contributed by atoms with Gasteiger partial charge in [-0.05, 0) is 18.1 Å². The Morgan fingerprint density at radius 3 is 2.67 bits per heavy atom. The van der Waals surface area contributed by atoms with E-state index in [2.05, 4.69) is 18.8 Å². The zero-order chi connectivity index (χ0) is 13.1. The van der Waals surface area contributed by atoms with Gasteiger partial charge in [0.25, 0.3) is 0 Å². The van der Waals surface area contributed by atoms with Crippen LogP contribution < -0.4 is 5.73 Å². The van der Waals surface area contributed by atoms with Crippen LogP contribution in [0.3, 0.4) is 0 Å². The van der Waals surface area contributed by atoms with Gasteiger partial charge in [-0.15, -0.1) is 0 Å². The number of nitrogens with zero attached hydrogens (tertiary/aromatic N) is 2. The fourth-order valence-electron chi connectivity index (χ4n) is 2.16.